The Morgan fingerprint density at radius 2 is 2.11 bits per heavy atom. The number of rotatable bonds is 5. The van der Waals surface area contributed by atoms with Crippen molar-refractivity contribution in [1.82, 2.24) is 4.98 Å². The molecule has 5 heteroatoms. The summed E-state index contributed by atoms with van der Waals surface area (Å²) in [5.41, 5.74) is 4.65. The van der Waals surface area contributed by atoms with Crippen LogP contribution in [-0.2, 0) is 21.6 Å². The van der Waals surface area contributed by atoms with Crippen LogP contribution in [0.25, 0.3) is 22.0 Å². The summed E-state index contributed by atoms with van der Waals surface area (Å²) in [5, 5.41) is 10.7. The van der Waals surface area contributed by atoms with Crippen molar-refractivity contribution in [2.45, 2.75) is 38.2 Å². The van der Waals surface area contributed by atoms with Gasteiger partial charge in [0.2, 0.25) is 0 Å². The standard InChI is InChI=1S/C22H22BrNO3/c1-2-10-22(13-19(25)26)21-18(9-11-27-22)17-8-4-7-16(20(17)24-21)14-5-3-6-15(23)12-14/h3-8,12,24H,2,9-11,13H2,1H3,(H,25,26). The summed E-state index contributed by atoms with van der Waals surface area (Å²) in [5.74, 6) is -0.831. The van der Waals surface area contributed by atoms with E-state index in [1.807, 2.05) is 12.1 Å². The Bertz CT molecular complexity index is 1010. The van der Waals surface area contributed by atoms with E-state index in [2.05, 4.69) is 58.2 Å². The van der Waals surface area contributed by atoms with E-state index in [0.29, 0.717) is 13.0 Å². The highest BCUT2D eigenvalue weighted by Crippen LogP contribution is 2.44. The fourth-order valence-electron chi connectivity index (χ4n) is 4.31. The van der Waals surface area contributed by atoms with Crippen molar-refractivity contribution in [3.8, 4) is 11.1 Å². The SMILES string of the molecule is CCCC1(CC(=O)O)OCCc2c1[nH]c1c(-c3cccc(Br)c3)cccc21. The van der Waals surface area contributed by atoms with Crippen molar-refractivity contribution < 1.29 is 14.6 Å². The molecule has 4 rings (SSSR count). The van der Waals surface area contributed by atoms with Gasteiger partial charge in [0.1, 0.15) is 5.60 Å². The summed E-state index contributed by atoms with van der Waals surface area (Å²) in [6, 6.07) is 14.5. The number of hydrogen-bond acceptors (Lipinski definition) is 2. The van der Waals surface area contributed by atoms with Crippen LogP contribution in [-0.4, -0.2) is 22.7 Å². The summed E-state index contributed by atoms with van der Waals surface area (Å²) in [7, 11) is 0. The van der Waals surface area contributed by atoms with Crippen LogP contribution in [0.3, 0.4) is 0 Å². The molecule has 0 radical (unpaired) electrons. The number of H-pyrrole nitrogens is 1. The molecule has 0 bridgehead atoms. The van der Waals surface area contributed by atoms with Crippen LogP contribution < -0.4 is 0 Å². The van der Waals surface area contributed by atoms with E-state index in [4.69, 9.17) is 4.74 Å². The maximum absolute atomic E-state index is 11.6. The molecule has 0 saturated carbocycles. The third-order valence-electron chi connectivity index (χ3n) is 5.35. The molecule has 27 heavy (non-hydrogen) atoms. The number of halogens is 1. The van der Waals surface area contributed by atoms with Gasteiger partial charge in [-0.15, -0.1) is 0 Å². The average molecular weight is 428 g/mol. The second-order valence-corrected chi connectivity index (χ2v) is 8.05. The molecule has 0 saturated heterocycles. The molecule has 0 amide bonds. The number of fused-ring (bicyclic) bond motifs is 3. The van der Waals surface area contributed by atoms with Gasteiger partial charge in [-0.25, -0.2) is 0 Å². The van der Waals surface area contributed by atoms with Crippen molar-refractivity contribution in [3.63, 3.8) is 0 Å². The molecular weight excluding hydrogens is 406 g/mol. The first-order valence-electron chi connectivity index (χ1n) is 9.30. The number of hydrogen-bond donors (Lipinski definition) is 2. The first kappa shape index (κ1) is 18.3. The molecule has 0 aliphatic carbocycles. The van der Waals surface area contributed by atoms with E-state index < -0.39 is 11.6 Å². The summed E-state index contributed by atoms with van der Waals surface area (Å²) in [4.78, 5) is 15.2. The second-order valence-electron chi connectivity index (χ2n) is 7.13. The number of aromatic amines is 1. The van der Waals surface area contributed by atoms with E-state index in [1.165, 1.54) is 5.56 Å². The van der Waals surface area contributed by atoms with E-state index in [1.54, 1.807) is 0 Å². The highest BCUT2D eigenvalue weighted by molar-refractivity contribution is 9.10. The Labute approximate surface area is 166 Å². The Balaban J connectivity index is 1.94. The van der Waals surface area contributed by atoms with Gasteiger partial charge in [0.25, 0.3) is 0 Å². The molecule has 3 aromatic rings. The summed E-state index contributed by atoms with van der Waals surface area (Å²) < 4.78 is 7.15. The lowest BCUT2D eigenvalue weighted by Gasteiger charge is -2.36. The number of carboxylic acid groups (broad SMARTS) is 1. The minimum absolute atomic E-state index is 0.0210. The average Bonchev–Trinajstić information content (AvgIpc) is 3.02. The number of aromatic nitrogens is 1. The molecular formula is C22H22BrNO3. The van der Waals surface area contributed by atoms with Gasteiger partial charge in [-0.05, 0) is 36.1 Å². The largest absolute Gasteiger partial charge is 0.481 e. The zero-order chi connectivity index (χ0) is 19.0. The number of carboxylic acids is 1. The fraction of sp³-hybridized carbons (Fsp3) is 0.318. The molecule has 2 aromatic carbocycles. The quantitative estimate of drug-likeness (QED) is 0.553. The lowest BCUT2D eigenvalue weighted by molar-refractivity contribution is -0.149. The molecule has 1 aromatic heterocycles. The van der Waals surface area contributed by atoms with E-state index in [9.17, 15) is 9.90 Å². The second kappa shape index (κ2) is 7.13. The minimum Gasteiger partial charge on any atom is -0.481 e. The van der Waals surface area contributed by atoms with Crippen molar-refractivity contribution in [1.29, 1.82) is 0 Å². The van der Waals surface area contributed by atoms with Crippen LogP contribution in [0.1, 0.15) is 37.4 Å². The molecule has 140 valence electrons. The van der Waals surface area contributed by atoms with Crippen LogP contribution in [0.15, 0.2) is 46.9 Å². The van der Waals surface area contributed by atoms with Gasteiger partial charge in [0.15, 0.2) is 0 Å². The van der Waals surface area contributed by atoms with Gasteiger partial charge >= 0.3 is 5.97 Å². The highest BCUT2D eigenvalue weighted by atomic mass is 79.9. The van der Waals surface area contributed by atoms with Gasteiger partial charge in [-0.1, -0.05) is 59.6 Å². The number of nitrogens with one attached hydrogen (secondary N) is 1. The van der Waals surface area contributed by atoms with Crippen molar-refractivity contribution in [3.05, 3.63) is 58.2 Å². The highest BCUT2D eigenvalue weighted by Gasteiger charge is 2.41. The molecule has 2 N–H and O–H groups in total. The maximum Gasteiger partial charge on any atom is 0.306 e. The minimum atomic E-state index is -0.831. The van der Waals surface area contributed by atoms with Gasteiger partial charge in [-0.3, -0.25) is 4.79 Å². The van der Waals surface area contributed by atoms with Crippen LogP contribution >= 0.6 is 15.9 Å². The van der Waals surface area contributed by atoms with Gasteiger partial charge in [-0.2, -0.15) is 0 Å². The fourth-order valence-corrected chi connectivity index (χ4v) is 4.71. The maximum atomic E-state index is 11.6. The van der Waals surface area contributed by atoms with Crippen molar-refractivity contribution >= 4 is 32.8 Å². The van der Waals surface area contributed by atoms with E-state index in [-0.39, 0.29) is 6.42 Å². The molecule has 0 spiro atoms. The summed E-state index contributed by atoms with van der Waals surface area (Å²) in [6.07, 6.45) is 2.32. The Kier molecular flexibility index (Phi) is 4.82. The summed E-state index contributed by atoms with van der Waals surface area (Å²) in [6.45, 7) is 2.62. The zero-order valence-corrected chi connectivity index (χ0v) is 16.8. The zero-order valence-electron chi connectivity index (χ0n) is 15.2. The lowest BCUT2D eigenvalue weighted by atomic mass is 9.85. The van der Waals surface area contributed by atoms with Gasteiger partial charge in [0, 0.05) is 15.4 Å². The topological polar surface area (TPSA) is 62.3 Å². The van der Waals surface area contributed by atoms with Crippen LogP contribution in [0, 0.1) is 0 Å². The van der Waals surface area contributed by atoms with Gasteiger partial charge in [0.05, 0.1) is 24.2 Å². The molecule has 1 unspecified atom stereocenters. The van der Waals surface area contributed by atoms with Crippen LogP contribution in [0.5, 0.6) is 0 Å². The number of aliphatic carboxylic acids is 1. The third-order valence-corrected chi connectivity index (χ3v) is 5.85. The molecule has 2 heterocycles. The number of carbonyl (C=O) groups is 1. The first-order valence-corrected chi connectivity index (χ1v) is 10.1. The molecule has 4 nitrogen and oxygen atoms in total. The normalized spacial score (nSPS) is 19.2. The summed E-state index contributed by atoms with van der Waals surface area (Å²) >= 11 is 3.55. The smallest absolute Gasteiger partial charge is 0.306 e. The number of benzene rings is 2. The molecule has 0 fully saturated rings. The third kappa shape index (κ3) is 3.19. The molecule has 1 aliphatic heterocycles. The van der Waals surface area contributed by atoms with Crippen LogP contribution in [0.2, 0.25) is 0 Å². The Morgan fingerprint density at radius 3 is 2.85 bits per heavy atom. The number of para-hydroxylation sites is 1. The van der Waals surface area contributed by atoms with Crippen LogP contribution in [0.4, 0.5) is 0 Å². The monoisotopic (exact) mass is 427 g/mol. The number of ether oxygens (including phenoxy) is 1. The molecule has 1 aliphatic rings. The Hall–Kier alpha value is -2.11. The van der Waals surface area contributed by atoms with Crippen molar-refractivity contribution in [2.24, 2.45) is 0 Å². The predicted molar refractivity (Wildman–Crippen MR) is 110 cm³/mol. The van der Waals surface area contributed by atoms with Gasteiger partial charge < -0.3 is 14.8 Å². The predicted octanol–water partition coefficient (Wildman–Crippen LogP) is 5.64. The Morgan fingerprint density at radius 1 is 1.30 bits per heavy atom. The lowest BCUT2D eigenvalue weighted by Crippen LogP contribution is -2.37. The first-order chi connectivity index (χ1) is 13.0. The van der Waals surface area contributed by atoms with E-state index in [0.717, 1.165) is 45.0 Å². The molecule has 1 atom stereocenters. The van der Waals surface area contributed by atoms with Crippen molar-refractivity contribution in [2.75, 3.05) is 6.61 Å². The van der Waals surface area contributed by atoms with E-state index >= 15 is 0 Å².